The van der Waals surface area contributed by atoms with Gasteiger partial charge in [-0.2, -0.15) is 0 Å². The van der Waals surface area contributed by atoms with Crippen molar-refractivity contribution in [3.63, 3.8) is 0 Å². The fourth-order valence-electron chi connectivity index (χ4n) is 3.68. The molecule has 0 fully saturated rings. The molecule has 3 nitrogen and oxygen atoms in total. The van der Waals surface area contributed by atoms with Crippen LogP contribution in [0.5, 0.6) is 11.5 Å². The van der Waals surface area contributed by atoms with Crippen LogP contribution in [-0.4, -0.2) is 25.7 Å². The lowest BCUT2D eigenvalue weighted by atomic mass is 9.87. The number of fused-ring (bicyclic) bond motifs is 4. The van der Waals surface area contributed by atoms with Gasteiger partial charge in [0.2, 0.25) is 0 Å². The van der Waals surface area contributed by atoms with Gasteiger partial charge in [0.15, 0.2) is 11.5 Å². The average molecular weight is 301 g/mol. The van der Waals surface area contributed by atoms with E-state index in [1.165, 1.54) is 23.1 Å². The van der Waals surface area contributed by atoms with Crippen LogP contribution in [-0.2, 0) is 19.4 Å². The molecule has 0 bridgehead atoms. The van der Waals surface area contributed by atoms with Crippen LogP contribution in [0.15, 0.2) is 23.6 Å². The first kappa shape index (κ1) is 13.2. The van der Waals surface area contributed by atoms with E-state index in [0.717, 1.165) is 31.0 Å². The lowest BCUT2D eigenvalue weighted by Gasteiger charge is -2.40. The third-order valence-electron chi connectivity index (χ3n) is 4.73. The van der Waals surface area contributed by atoms with Crippen LogP contribution in [0, 0.1) is 0 Å². The smallest absolute Gasteiger partial charge is 0.165 e. The van der Waals surface area contributed by atoms with Gasteiger partial charge in [0.05, 0.1) is 14.2 Å². The van der Waals surface area contributed by atoms with Crippen LogP contribution >= 0.6 is 11.3 Å². The molecular weight excluding hydrogens is 282 g/mol. The first-order valence-corrected chi connectivity index (χ1v) is 8.23. The van der Waals surface area contributed by atoms with Crippen LogP contribution in [0.1, 0.15) is 27.6 Å². The summed E-state index contributed by atoms with van der Waals surface area (Å²) in [6, 6.07) is 7.08. The molecule has 2 aliphatic heterocycles. The standard InChI is InChI=1S/C17H19NO2S/c1-19-15-4-3-11-9-14-12-6-8-21-16(12)5-7-18(14)10-13(11)17(15)20-2/h3-4,6,8,14H,5,7,9-10H2,1-2H3. The zero-order chi connectivity index (χ0) is 14.4. The molecular formula is C17H19NO2S. The van der Waals surface area contributed by atoms with Gasteiger partial charge in [0, 0.05) is 29.6 Å². The number of nitrogens with zero attached hydrogens (tertiary/aromatic N) is 1. The van der Waals surface area contributed by atoms with Gasteiger partial charge in [-0.1, -0.05) is 6.07 Å². The molecule has 1 unspecified atom stereocenters. The molecule has 2 aliphatic rings. The number of hydrogen-bond donors (Lipinski definition) is 0. The number of rotatable bonds is 2. The molecule has 0 saturated carbocycles. The predicted molar refractivity (Wildman–Crippen MR) is 84.4 cm³/mol. The summed E-state index contributed by atoms with van der Waals surface area (Å²) in [6.45, 7) is 2.09. The summed E-state index contributed by atoms with van der Waals surface area (Å²) < 4.78 is 11.1. The molecule has 2 aromatic rings. The van der Waals surface area contributed by atoms with E-state index < -0.39 is 0 Å². The second-order valence-corrected chi connectivity index (χ2v) is 6.68. The van der Waals surface area contributed by atoms with Crippen molar-refractivity contribution < 1.29 is 9.47 Å². The summed E-state index contributed by atoms with van der Waals surface area (Å²) in [7, 11) is 3.44. The second kappa shape index (κ2) is 5.04. The zero-order valence-corrected chi connectivity index (χ0v) is 13.2. The first-order chi connectivity index (χ1) is 10.3. The Kier molecular flexibility index (Phi) is 3.16. The van der Waals surface area contributed by atoms with Crippen LogP contribution in [0.3, 0.4) is 0 Å². The first-order valence-electron chi connectivity index (χ1n) is 7.35. The van der Waals surface area contributed by atoms with E-state index >= 15 is 0 Å². The fourth-order valence-corrected chi connectivity index (χ4v) is 4.61. The highest BCUT2D eigenvalue weighted by Crippen LogP contribution is 2.44. The Morgan fingerprint density at radius 1 is 1.19 bits per heavy atom. The fraction of sp³-hybridized carbons (Fsp3) is 0.412. The Hall–Kier alpha value is -1.52. The number of benzene rings is 1. The van der Waals surface area contributed by atoms with Gasteiger partial charge in [-0.25, -0.2) is 0 Å². The van der Waals surface area contributed by atoms with Gasteiger partial charge in [0.1, 0.15) is 0 Å². The minimum atomic E-state index is 0.533. The summed E-state index contributed by atoms with van der Waals surface area (Å²) >= 11 is 1.90. The van der Waals surface area contributed by atoms with E-state index in [4.69, 9.17) is 9.47 Å². The van der Waals surface area contributed by atoms with Gasteiger partial charge in [-0.3, -0.25) is 4.90 Å². The number of methoxy groups -OCH3 is 2. The van der Waals surface area contributed by atoms with Crippen molar-refractivity contribution in [2.24, 2.45) is 0 Å². The van der Waals surface area contributed by atoms with E-state index in [1.54, 1.807) is 19.1 Å². The Bertz CT molecular complexity index is 679. The molecule has 3 heterocycles. The highest BCUT2D eigenvalue weighted by atomic mass is 32.1. The third-order valence-corrected chi connectivity index (χ3v) is 5.72. The average Bonchev–Trinajstić information content (AvgIpc) is 3.00. The van der Waals surface area contributed by atoms with Crippen molar-refractivity contribution in [1.82, 2.24) is 4.90 Å². The normalized spacial score (nSPS) is 20.4. The molecule has 0 spiro atoms. The van der Waals surface area contributed by atoms with E-state index in [0.29, 0.717) is 6.04 Å². The van der Waals surface area contributed by atoms with Crippen molar-refractivity contribution in [2.45, 2.75) is 25.4 Å². The SMILES string of the molecule is COc1ccc2c(c1OC)CN1CCc3sccc3C1C2. The maximum atomic E-state index is 5.62. The van der Waals surface area contributed by atoms with Crippen molar-refractivity contribution >= 4 is 11.3 Å². The molecule has 4 rings (SSSR count). The molecule has 0 amide bonds. The molecule has 4 heteroatoms. The van der Waals surface area contributed by atoms with Crippen molar-refractivity contribution in [3.8, 4) is 11.5 Å². The van der Waals surface area contributed by atoms with Gasteiger partial charge in [-0.15, -0.1) is 11.3 Å². The molecule has 0 aliphatic carbocycles. The Morgan fingerprint density at radius 3 is 2.90 bits per heavy atom. The van der Waals surface area contributed by atoms with E-state index in [9.17, 15) is 0 Å². The number of thiophene rings is 1. The highest BCUT2D eigenvalue weighted by molar-refractivity contribution is 7.10. The third kappa shape index (κ3) is 1.97. The topological polar surface area (TPSA) is 21.7 Å². The molecule has 21 heavy (non-hydrogen) atoms. The minimum Gasteiger partial charge on any atom is -0.493 e. The molecule has 1 aromatic carbocycles. The number of ether oxygens (including phenoxy) is 2. The monoisotopic (exact) mass is 301 g/mol. The largest absolute Gasteiger partial charge is 0.493 e. The highest BCUT2D eigenvalue weighted by Gasteiger charge is 2.34. The van der Waals surface area contributed by atoms with Crippen LogP contribution in [0.2, 0.25) is 0 Å². The summed E-state index contributed by atoms with van der Waals surface area (Å²) in [4.78, 5) is 4.15. The van der Waals surface area contributed by atoms with E-state index in [2.05, 4.69) is 22.4 Å². The molecule has 1 aromatic heterocycles. The van der Waals surface area contributed by atoms with Crippen LogP contribution < -0.4 is 9.47 Å². The maximum absolute atomic E-state index is 5.62. The Labute approximate surface area is 129 Å². The summed E-state index contributed by atoms with van der Waals surface area (Å²) in [5, 5.41) is 2.23. The van der Waals surface area contributed by atoms with Crippen molar-refractivity contribution in [2.75, 3.05) is 20.8 Å². The Balaban J connectivity index is 1.78. The van der Waals surface area contributed by atoms with Gasteiger partial charge in [0.25, 0.3) is 0 Å². The minimum absolute atomic E-state index is 0.533. The van der Waals surface area contributed by atoms with Gasteiger partial charge in [-0.05, 0) is 41.5 Å². The predicted octanol–water partition coefficient (Wildman–Crippen LogP) is 3.42. The molecule has 0 N–H and O–H groups in total. The lowest BCUT2D eigenvalue weighted by molar-refractivity contribution is 0.159. The second-order valence-electron chi connectivity index (χ2n) is 5.68. The summed E-state index contributed by atoms with van der Waals surface area (Å²) in [5.74, 6) is 1.74. The molecule has 1 atom stereocenters. The molecule has 110 valence electrons. The van der Waals surface area contributed by atoms with E-state index in [1.807, 2.05) is 17.4 Å². The zero-order valence-electron chi connectivity index (χ0n) is 12.4. The van der Waals surface area contributed by atoms with E-state index in [-0.39, 0.29) is 0 Å². The lowest BCUT2D eigenvalue weighted by Crippen LogP contribution is -2.38. The van der Waals surface area contributed by atoms with Crippen molar-refractivity contribution in [3.05, 3.63) is 45.1 Å². The number of hydrogen-bond acceptors (Lipinski definition) is 4. The summed E-state index contributed by atoms with van der Waals surface area (Å²) in [5.41, 5.74) is 4.23. The maximum Gasteiger partial charge on any atom is 0.165 e. The summed E-state index contributed by atoms with van der Waals surface area (Å²) in [6.07, 6.45) is 2.24. The van der Waals surface area contributed by atoms with Gasteiger partial charge < -0.3 is 9.47 Å². The molecule has 0 radical (unpaired) electrons. The van der Waals surface area contributed by atoms with Crippen LogP contribution in [0.4, 0.5) is 0 Å². The van der Waals surface area contributed by atoms with Crippen LogP contribution in [0.25, 0.3) is 0 Å². The van der Waals surface area contributed by atoms with Gasteiger partial charge >= 0.3 is 0 Å². The van der Waals surface area contributed by atoms with Crippen molar-refractivity contribution in [1.29, 1.82) is 0 Å². The quantitative estimate of drug-likeness (QED) is 0.848. The Morgan fingerprint density at radius 2 is 2.10 bits per heavy atom. The molecule has 0 saturated heterocycles.